The number of hydrogen-bond acceptors (Lipinski definition) is 3. The third kappa shape index (κ3) is 1.68. The van der Waals surface area contributed by atoms with Crippen LogP contribution in [0.3, 0.4) is 0 Å². The fourth-order valence-corrected chi connectivity index (χ4v) is 4.50. The first-order valence-corrected chi connectivity index (χ1v) is 7.78. The molecule has 1 aliphatic carbocycles. The molecule has 1 spiro atoms. The molecule has 1 aromatic rings. The number of aliphatic hydroxyl groups is 1. The SMILES string of the molecule is O=C1N2Cc3ccccc3N[C@]23CCCC[C@@H]3[C@@]1(O)C(F)(F)F. The number of fused-ring (bicyclic) bond motifs is 1. The van der Waals surface area contributed by atoms with Gasteiger partial charge in [-0.05, 0) is 30.9 Å². The van der Waals surface area contributed by atoms with Crippen molar-refractivity contribution in [1.29, 1.82) is 0 Å². The van der Waals surface area contributed by atoms with Crippen molar-refractivity contribution in [3.63, 3.8) is 0 Å². The summed E-state index contributed by atoms with van der Waals surface area (Å²) in [5, 5.41) is 13.6. The van der Waals surface area contributed by atoms with Gasteiger partial charge in [0.25, 0.3) is 5.91 Å². The van der Waals surface area contributed by atoms with Crippen LogP contribution in [0.4, 0.5) is 18.9 Å². The van der Waals surface area contributed by atoms with Gasteiger partial charge >= 0.3 is 6.18 Å². The molecule has 1 saturated heterocycles. The van der Waals surface area contributed by atoms with Crippen molar-refractivity contribution in [2.24, 2.45) is 5.92 Å². The number of carbonyl (C=O) groups is 1. The van der Waals surface area contributed by atoms with Gasteiger partial charge in [-0.2, -0.15) is 13.2 Å². The van der Waals surface area contributed by atoms with Crippen LogP contribution in [0.25, 0.3) is 0 Å². The Morgan fingerprint density at radius 3 is 2.74 bits per heavy atom. The number of carbonyl (C=O) groups excluding carboxylic acids is 1. The van der Waals surface area contributed by atoms with E-state index >= 15 is 0 Å². The van der Waals surface area contributed by atoms with Crippen molar-refractivity contribution in [2.45, 2.75) is 49.7 Å². The Balaban J connectivity index is 1.88. The Bertz CT molecular complexity index is 678. The highest BCUT2D eigenvalue weighted by Gasteiger charge is 2.77. The number of amides is 1. The summed E-state index contributed by atoms with van der Waals surface area (Å²) in [6, 6.07) is 7.18. The molecule has 0 radical (unpaired) electrons. The van der Waals surface area contributed by atoms with E-state index in [0.29, 0.717) is 12.8 Å². The molecular weight excluding hydrogens is 309 g/mol. The second-order valence-corrected chi connectivity index (χ2v) is 6.66. The number of hydrogen-bond donors (Lipinski definition) is 2. The molecule has 23 heavy (non-hydrogen) atoms. The van der Waals surface area contributed by atoms with Crippen molar-refractivity contribution >= 4 is 11.6 Å². The summed E-state index contributed by atoms with van der Waals surface area (Å²) in [4.78, 5) is 13.8. The highest BCUT2D eigenvalue weighted by molar-refractivity contribution is 5.91. The average Bonchev–Trinajstić information content (AvgIpc) is 2.71. The van der Waals surface area contributed by atoms with Gasteiger partial charge in [0.05, 0.1) is 6.54 Å². The van der Waals surface area contributed by atoms with Gasteiger partial charge in [-0.25, -0.2) is 0 Å². The minimum absolute atomic E-state index is 0.0941. The fourth-order valence-electron chi connectivity index (χ4n) is 4.50. The summed E-state index contributed by atoms with van der Waals surface area (Å²) in [5.41, 5.74) is -2.94. The van der Waals surface area contributed by atoms with Crippen LogP contribution >= 0.6 is 0 Å². The molecule has 2 N–H and O–H groups in total. The summed E-state index contributed by atoms with van der Waals surface area (Å²) >= 11 is 0. The van der Waals surface area contributed by atoms with Gasteiger partial charge in [-0.15, -0.1) is 0 Å². The zero-order valence-corrected chi connectivity index (χ0v) is 12.4. The van der Waals surface area contributed by atoms with Gasteiger partial charge in [0.15, 0.2) is 0 Å². The third-order valence-electron chi connectivity index (χ3n) is 5.56. The lowest BCUT2D eigenvalue weighted by molar-refractivity contribution is -0.265. The molecule has 7 heteroatoms. The highest BCUT2D eigenvalue weighted by Crippen LogP contribution is 2.57. The smallest absolute Gasteiger partial charge is 0.372 e. The van der Waals surface area contributed by atoms with E-state index in [9.17, 15) is 23.1 Å². The summed E-state index contributed by atoms with van der Waals surface area (Å²) in [7, 11) is 0. The summed E-state index contributed by atoms with van der Waals surface area (Å²) in [6.07, 6.45) is -3.09. The molecule has 0 aromatic heterocycles. The van der Waals surface area contributed by atoms with Crippen LogP contribution in [0.1, 0.15) is 31.2 Å². The Hall–Kier alpha value is -1.76. The molecule has 1 amide bonds. The first-order valence-electron chi connectivity index (χ1n) is 7.78. The standard InChI is InChI=1S/C16H17F3N2O2/c17-16(18,19)15(23)12-7-3-4-8-14(12)20-11-6-2-1-5-10(11)9-21(14)13(15)22/h1-2,5-6,12,20,23H,3-4,7-9H2/t12-,14+,15-/m0/s1. The van der Waals surface area contributed by atoms with Crippen LogP contribution in [0, 0.1) is 5.92 Å². The molecule has 1 aromatic carbocycles. The van der Waals surface area contributed by atoms with Crippen molar-refractivity contribution < 1.29 is 23.1 Å². The number of nitrogens with zero attached hydrogens (tertiary/aromatic N) is 1. The second kappa shape index (κ2) is 4.41. The van der Waals surface area contributed by atoms with Crippen LogP contribution in [-0.2, 0) is 11.3 Å². The Morgan fingerprint density at radius 1 is 1.26 bits per heavy atom. The van der Waals surface area contributed by atoms with E-state index in [-0.39, 0.29) is 13.0 Å². The van der Waals surface area contributed by atoms with Gasteiger partial charge in [0.1, 0.15) is 5.66 Å². The van der Waals surface area contributed by atoms with E-state index in [2.05, 4.69) is 5.32 Å². The van der Waals surface area contributed by atoms with Crippen LogP contribution in [0.15, 0.2) is 24.3 Å². The zero-order chi connectivity index (χ0) is 16.5. The van der Waals surface area contributed by atoms with Crippen molar-refractivity contribution in [3.8, 4) is 0 Å². The largest absolute Gasteiger partial charge is 0.426 e. The molecule has 2 aliphatic heterocycles. The number of rotatable bonds is 0. The van der Waals surface area contributed by atoms with Crippen molar-refractivity contribution in [3.05, 3.63) is 29.8 Å². The Labute approximate surface area is 131 Å². The molecule has 0 unspecified atom stereocenters. The molecule has 3 atom stereocenters. The Kier molecular flexibility index (Phi) is 2.84. The minimum Gasteiger partial charge on any atom is -0.372 e. The van der Waals surface area contributed by atoms with E-state index in [1.54, 1.807) is 12.1 Å². The maximum atomic E-state index is 13.6. The maximum Gasteiger partial charge on any atom is 0.426 e. The Morgan fingerprint density at radius 2 is 2.00 bits per heavy atom. The molecule has 2 fully saturated rings. The molecule has 124 valence electrons. The topological polar surface area (TPSA) is 52.6 Å². The first-order chi connectivity index (χ1) is 10.8. The number of alkyl halides is 3. The minimum atomic E-state index is -4.98. The fraction of sp³-hybridized carbons (Fsp3) is 0.562. The zero-order valence-electron chi connectivity index (χ0n) is 12.4. The molecular formula is C16H17F3N2O2. The lowest BCUT2D eigenvalue weighted by atomic mass is 9.72. The first kappa shape index (κ1) is 14.8. The van der Waals surface area contributed by atoms with Crippen LogP contribution in [0.5, 0.6) is 0 Å². The van der Waals surface area contributed by atoms with Crippen molar-refractivity contribution in [2.75, 3.05) is 5.32 Å². The molecule has 3 aliphatic rings. The van der Waals surface area contributed by atoms with E-state index in [4.69, 9.17) is 0 Å². The highest BCUT2D eigenvalue weighted by atomic mass is 19.4. The summed E-state index contributed by atoms with van der Waals surface area (Å²) < 4.78 is 40.8. The molecule has 4 nitrogen and oxygen atoms in total. The quantitative estimate of drug-likeness (QED) is 0.771. The summed E-state index contributed by atoms with van der Waals surface area (Å²) in [6.45, 7) is 0.0941. The summed E-state index contributed by atoms with van der Waals surface area (Å²) in [5.74, 6) is -2.41. The van der Waals surface area contributed by atoms with Gasteiger partial charge in [0, 0.05) is 11.6 Å². The van der Waals surface area contributed by atoms with Gasteiger partial charge < -0.3 is 15.3 Å². The number of nitrogens with one attached hydrogen (secondary N) is 1. The average molecular weight is 326 g/mol. The van der Waals surface area contributed by atoms with E-state index < -0.39 is 29.3 Å². The number of halogens is 3. The molecule has 2 heterocycles. The monoisotopic (exact) mass is 326 g/mol. The molecule has 1 saturated carbocycles. The molecule has 0 bridgehead atoms. The van der Waals surface area contributed by atoms with Crippen molar-refractivity contribution in [1.82, 2.24) is 4.90 Å². The van der Waals surface area contributed by atoms with Crippen LogP contribution in [0.2, 0.25) is 0 Å². The predicted octanol–water partition coefficient (Wildman–Crippen LogP) is 2.63. The van der Waals surface area contributed by atoms with Gasteiger partial charge in [-0.1, -0.05) is 24.6 Å². The number of para-hydroxylation sites is 1. The van der Waals surface area contributed by atoms with E-state index in [1.807, 2.05) is 12.1 Å². The normalized spacial score (nSPS) is 36.1. The van der Waals surface area contributed by atoms with E-state index in [0.717, 1.165) is 17.7 Å². The van der Waals surface area contributed by atoms with Gasteiger partial charge in [-0.3, -0.25) is 4.79 Å². The van der Waals surface area contributed by atoms with E-state index in [1.165, 1.54) is 4.90 Å². The number of benzene rings is 1. The lowest BCUT2D eigenvalue weighted by Crippen LogP contribution is -2.60. The lowest BCUT2D eigenvalue weighted by Gasteiger charge is -2.49. The number of anilines is 1. The maximum absolute atomic E-state index is 13.6. The van der Waals surface area contributed by atoms with Crippen LogP contribution in [-0.4, -0.2) is 33.4 Å². The molecule has 4 rings (SSSR count). The predicted molar refractivity (Wildman–Crippen MR) is 76.3 cm³/mol. The van der Waals surface area contributed by atoms with Crippen LogP contribution < -0.4 is 5.32 Å². The third-order valence-corrected chi connectivity index (χ3v) is 5.56. The van der Waals surface area contributed by atoms with Gasteiger partial charge in [0.2, 0.25) is 5.60 Å². The second-order valence-electron chi connectivity index (χ2n) is 6.66.